The number of carbonyl (C=O) groups excluding carboxylic acids is 1. The lowest BCUT2D eigenvalue weighted by atomic mass is 9.93. The van der Waals surface area contributed by atoms with Gasteiger partial charge in [-0.15, -0.1) is 0 Å². The van der Waals surface area contributed by atoms with Crippen LogP contribution in [0.15, 0.2) is 72.8 Å². The van der Waals surface area contributed by atoms with Crippen molar-refractivity contribution in [2.75, 3.05) is 19.7 Å². The number of hydrogen-bond acceptors (Lipinski definition) is 3. The Hall–Kier alpha value is -3.11. The Morgan fingerprint density at radius 2 is 1.71 bits per heavy atom. The second-order valence-electron chi connectivity index (χ2n) is 9.10. The molecule has 156 valence electrons. The van der Waals surface area contributed by atoms with E-state index < -0.39 is 0 Å². The fraction of sp³-hybridized carbons (Fsp3) is 0.296. The van der Waals surface area contributed by atoms with E-state index in [4.69, 9.17) is 4.74 Å². The standard InChI is InChI=1S/C27H25NO3/c29-15-18-6-5-7-19(12-18)27-13-20(27)14-28(17-27)26(30)31-16-25-23-10-3-1-8-21(23)22-9-2-4-11-24(22)25/h1-12,20,25,29H,13-17H2. The van der Waals surface area contributed by atoms with Crippen molar-refractivity contribution >= 4 is 6.09 Å². The van der Waals surface area contributed by atoms with Gasteiger partial charge in [-0.1, -0.05) is 72.8 Å². The smallest absolute Gasteiger partial charge is 0.409 e. The SMILES string of the molecule is O=C(OCC1c2ccccc2-c2ccccc21)N1CC2CC2(c2cccc(CO)c2)C1. The van der Waals surface area contributed by atoms with Crippen LogP contribution in [0.4, 0.5) is 4.79 Å². The predicted octanol–water partition coefficient (Wildman–Crippen LogP) is 4.70. The first kappa shape index (κ1) is 18.6. The number of rotatable bonds is 4. The highest BCUT2D eigenvalue weighted by Crippen LogP contribution is 2.59. The molecule has 1 saturated carbocycles. The number of amides is 1. The Balaban J connectivity index is 1.17. The highest BCUT2D eigenvalue weighted by atomic mass is 16.6. The van der Waals surface area contributed by atoms with Gasteiger partial charge < -0.3 is 14.7 Å². The van der Waals surface area contributed by atoms with E-state index in [1.165, 1.54) is 27.8 Å². The quantitative estimate of drug-likeness (QED) is 0.677. The first-order valence-electron chi connectivity index (χ1n) is 11.0. The zero-order valence-corrected chi connectivity index (χ0v) is 17.3. The van der Waals surface area contributed by atoms with E-state index >= 15 is 0 Å². The van der Waals surface area contributed by atoms with Crippen LogP contribution in [-0.2, 0) is 16.8 Å². The average Bonchev–Trinajstić information content (AvgIpc) is 3.24. The molecule has 3 aliphatic rings. The third-order valence-electron chi connectivity index (χ3n) is 7.42. The van der Waals surface area contributed by atoms with Gasteiger partial charge in [0.25, 0.3) is 0 Å². The highest BCUT2D eigenvalue weighted by Gasteiger charge is 2.62. The van der Waals surface area contributed by atoms with E-state index in [2.05, 4.69) is 60.7 Å². The maximum Gasteiger partial charge on any atom is 0.409 e. The minimum atomic E-state index is -0.216. The number of nitrogens with zero attached hydrogens (tertiary/aromatic N) is 1. The molecular formula is C27H25NO3. The van der Waals surface area contributed by atoms with Crippen LogP contribution >= 0.6 is 0 Å². The Morgan fingerprint density at radius 1 is 1.00 bits per heavy atom. The second kappa shape index (κ2) is 6.96. The Labute approximate surface area is 182 Å². The molecular weight excluding hydrogens is 386 g/mol. The normalized spacial score (nSPS) is 23.3. The molecule has 2 unspecified atom stereocenters. The fourth-order valence-electron chi connectivity index (χ4n) is 5.73. The van der Waals surface area contributed by atoms with E-state index in [1.54, 1.807) is 0 Å². The molecule has 0 bridgehead atoms. The first-order valence-corrected chi connectivity index (χ1v) is 11.0. The minimum absolute atomic E-state index is 0.0385. The third kappa shape index (κ3) is 2.89. The summed E-state index contributed by atoms with van der Waals surface area (Å²) in [6.45, 7) is 1.86. The summed E-state index contributed by atoms with van der Waals surface area (Å²) in [5, 5.41) is 9.47. The number of aliphatic hydroxyl groups excluding tert-OH is 1. The number of fused-ring (bicyclic) bond motifs is 4. The van der Waals surface area contributed by atoms with Gasteiger partial charge in [-0.05, 0) is 45.7 Å². The Morgan fingerprint density at radius 3 is 2.42 bits per heavy atom. The van der Waals surface area contributed by atoms with Gasteiger partial charge in [-0.3, -0.25) is 0 Å². The Bertz CT molecular complexity index is 1130. The van der Waals surface area contributed by atoms with Crippen LogP contribution in [-0.4, -0.2) is 35.8 Å². The summed E-state index contributed by atoms with van der Waals surface area (Å²) >= 11 is 0. The lowest BCUT2D eigenvalue weighted by Gasteiger charge is -2.22. The number of piperidine rings is 1. The molecule has 1 amide bonds. The maximum atomic E-state index is 13.0. The summed E-state index contributed by atoms with van der Waals surface area (Å²) in [4.78, 5) is 14.8. The molecule has 4 heteroatoms. The molecule has 2 fully saturated rings. The molecule has 3 aromatic carbocycles. The summed E-state index contributed by atoms with van der Waals surface area (Å²) in [6.07, 6.45) is 0.890. The summed E-state index contributed by atoms with van der Waals surface area (Å²) in [7, 11) is 0. The van der Waals surface area contributed by atoms with E-state index in [-0.39, 0.29) is 24.0 Å². The molecule has 1 saturated heterocycles. The molecule has 2 aliphatic carbocycles. The van der Waals surface area contributed by atoms with Crippen LogP contribution in [0.2, 0.25) is 0 Å². The topological polar surface area (TPSA) is 49.8 Å². The van der Waals surface area contributed by atoms with E-state index in [0.717, 1.165) is 18.5 Å². The number of aliphatic hydroxyl groups is 1. The van der Waals surface area contributed by atoms with Crippen LogP contribution in [0.5, 0.6) is 0 Å². The van der Waals surface area contributed by atoms with Crippen LogP contribution in [0.3, 0.4) is 0 Å². The highest BCUT2D eigenvalue weighted by molar-refractivity contribution is 5.79. The van der Waals surface area contributed by atoms with Crippen molar-refractivity contribution in [2.24, 2.45) is 5.92 Å². The lowest BCUT2D eigenvalue weighted by Crippen LogP contribution is -2.34. The lowest BCUT2D eigenvalue weighted by molar-refractivity contribution is 0.103. The third-order valence-corrected chi connectivity index (χ3v) is 7.42. The summed E-state index contributed by atoms with van der Waals surface area (Å²) < 4.78 is 5.87. The van der Waals surface area contributed by atoms with Crippen molar-refractivity contribution in [2.45, 2.75) is 24.4 Å². The van der Waals surface area contributed by atoms with Crippen LogP contribution in [0.1, 0.15) is 34.6 Å². The second-order valence-corrected chi connectivity index (χ2v) is 9.10. The zero-order valence-electron chi connectivity index (χ0n) is 17.3. The van der Waals surface area contributed by atoms with Gasteiger partial charge in [0.2, 0.25) is 0 Å². The number of carbonyl (C=O) groups is 1. The van der Waals surface area contributed by atoms with Crippen LogP contribution < -0.4 is 0 Å². The maximum absolute atomic E-state index is 13.0. The zero-order chi connectivity index (χ0) is 21.0. The summed E-state index contributed by atoms with van der Waals surface area (Å²) in [5.41, 5.74) is 7.15. The van der Waals surface area contributed by atoms with Gasteiger partial charge in [0.1, 0.15) is 6.61 Å². The number of hydrogen-bond donors (Lipinski definition) is 1. The van der Waals surface area contributed by atoms with Crippen molar-refractivity contribution in [3.8, 4) is 11.1 Å². The van der Waals surface area contributed by atoms with Gasteiger partial charge in [0, 0.05) is 24.4 Å². The Kier molecular flexibility index (Phi) is 4.19. The molecule has 0 radical (unpaired) electrons. The molecule has 0 aromatic heterocycles. The summed E-state index contributed by atoms with van der Waals surface area (Å²) in [5.74, 6) is 0.575. The van der Waals surface area contributed by atoms with Gasteiger partial charge >= 0.3 is 6.09 Å². The van der Waals surface area contributed by atoms with Crippen molar-refractivity contribution in [3.05, 3.63) is 95.1 Å². The van der Waals surface area contributed by atoms with Gasteiger partial charge in [0.05, 0.1) is 6.61 Å². The van der Waals surface area contributed by atoms with Crippen LogP contribution in [0, 0.1) is 5.92 Å². The minimum Gasteiger partial charge on any atom is -0.448 e. The molecule has 3 aromatic rings. The molecule has 0 spiro atoms. The number of benzene rings is 3. The van der Waals surface area contributed by atoms with Gasteiger partial charge in [0.15, 0.2) is 0 Å². The van der Waals surface area contributed by atoms with Crippen molar-refractivity contribution in [1.82, 2.24) is 4.90 Å². The van der Waals surface area contributed by atoms with Crippen molar-refractivity contribution < 1.29 is 14.6 Å². The number of ether oxygens (including phenoxy) is 1. The summed E-state index contributed by atoms with van der Waals surface area (Å²) in [6, 6.07) is 25.0. The monoisotopic (exact) mass is 411 g/mol. The average molecular weight is 412 g/mol. The fourth-order valence-corrected chi connectivity index (χ4v) is 5.73. The number of likely N-dealkylation sites (tertiary alicyclic amines) is 1. The van der Waals surface area contributed by atoms with E-state index in [9.17, 15) is 9.90 Å². The van der Waals surface area contributed by atoms with Crippen LogP contribution in [0.25, 0.3) is 11.1 Å². The first-order chi connectivity index (χ1) is 15.2. The van der Waals surface area contributed by atoms with Gasteiger partial charge in [-0.2, -0.15) is 0 Å². The predicted molar refractivity (Wildman–Crippen MR) is 119 cm³/mol. The molecule has 31 heavy (non-hydrogen) atoms. The molecule has 2 atom stereocenters. The largest absolute Gasteiger partial charge is 0.448 e. The molecule has 1 aliphatic heterocycles. The van der Waals surface area contributed by atoms with Gasteiger partial charge in [-0.25, -0.2) is 4.79 Å². The molecule has 6 rings (SSSR count). The van der Waals surface area contributed by atoms with E-state index in [1.807, 2.05) is 17.0 Å². The molecule has 1 N–H and O–H groups in total. The molecule has 4 nitrogen and oxygen atoms in total. The van der Waals surface area contributed by atoms with Crippen molar-refractivity contribution in [1.29, 1.82) is 0 Å². The molecule has 1 heterocycles. The van der Waals surface area contributed by atoms with Crippen molar-refractivity contribution in [3.63, 3.8) is 0 Å². The van der Waals surface area contributed by atoms with E-state index in [0.29, 0.717) is 19.1 Å².